The maximum Gasteiger partial charge on any atom is 0.330 e. The number of carbonyl (C=O) groups is 1. The van der Waals surface area contributed by atoms with E-state index in [0.29, 0.717) is 65.9 Å². The minimum absolute atomic E-state index is 0.296. The summed E-state index contributed by atoms with van der Waals surface area (Å²) >= 11 is 0. The third kappa shape index (κ3) is 7.57. The molecular formula is C26H29NO7. The van der Waals surface area contributed by atoms with Gasteiger partial charge in [0.25, 0.3) is 0 Å². The molecule has 0 fully saturated rings. The minimum Gasteiger partial charge on any atom is -0.493 e. The maximum absolute atomic E-state index is 10.7. The molecule has 0 saturated carbocycles. The number of rotatable bonds is 13. The van der Waals surface area contributed by atoms with E-state index in [-0.39, 0.29) is 0 Å². The second-order valence-electron chi connectivity index (χ2n) is 7.09. The molecule has 0 aliphatic carbocycles. The Morgan fingerprint density at radius 2 is 1.62 bits per heavy atom. The lowest BCUT2D eigenvalue weighted by molar-refractivity contribution is -0.132. The first-order chi connectivity index (χ1) is 16.4. The number of hydrogen-bond donors (Lipinski definition) is 1. The van der Waals surface area contributed by atoms with E-state index in [1.807, 2.05) is 6.07 Å². The van der Waals surface area contributed by atoms with Crippen LogP contribution in [-0.2, 0) is 9.53 Å². The van der Waals surface area contributed by atoms with Crippen LogP contribution >= 0.6 is 0 Å². The van der Waals surface area contributed by atoms with Gasteiger partial charge in [-0.15, -0.1) is 0 Å². The van der Waals surface area contributed by atoms with Crippen molar-refractivity contribution in [1.29, 1.82) is 5.26 Å². The Morgan fingerprint density at radius 1 is 0.941 bits per heavy atom. The highest BCUT2D eigenvalue weighted by atomic mass is 16.5. The predicted octanol–water partition coefficient (Wildman–Crippen LogP) is 4.59. The topological polar surface area (TPSA) is 107 Å². The molecule has 8 nitrogen and oxygen atoms in total. The van der Waals surface area contributed by atoms with Crippen LogP contribution in [0, 0.1) is 11.3 Å². The zero-order valence-electron chi connectivity index (χ0n) is 19.8. The van der Waals surface area contributed by atoms with Crippen molar-refractivity contribution in [3.05, 3.63) is 59.2 Å². The number of aliphatic carboxylic acids is 1. The summed E-state index contributed by atoms with van der Waals surface area (Å²) in [6.45, 7) is 2.61. The van der Waals surface area contributed by atoms with Crippen LogP contribution in [-0.4, -0.2) is 52.2 Å². The fourth-order valence-corrected chi connectivity index (χ4v) is 3.00. The van der Waals surface area contributed by atoms with Gasteiger partial charge in [-0.05, 0) is 60.9 Å². The third-order valence-corrected chi connectivity index (χ3v) is 4.85. The van der Waals surface area contributed by atoms with E-state index in [1.54, 1.807) is 70.7 Å². The lowest BCUT2D eigenvalue weighted by Crippen LogP contribution is -2.08. The standard InChI is InChI=1S/C26H29NO7/c1-18(26(28)29)6-5-11-33-12-13-34-23-9-7-19(15-24(23)31-3)14-21(17-27)20-8-10-22(30-2)25(16-20)32-4/h6-10,14-16H,5,11-13H2,1-4H3,(H,28,29). The normalized spacial score (nSPS) is 11.5. The molecule has 0 amide bonds. The van der Waals surface area contributed by atoms with Crippen LogP contribution in [0.2, 0.25) is 0 Å². The molecule has 0 aromatic heterocycles. The number of nitrogens with zero attached hydrogens (tertiary/aromatic N) is 1. The first-order valence-corrected chi connectivity index (χ1v) is 10.6. The average Bonchev–Trinajstić information content (AvgIpc) is 2.86. The third-order valence-electron chi connectivity index (χ3n) is 4.85. The van der Waals surface area contributed by atoms with E-state index >= 15 is 0 Å². The summed E-state index contributed by atoms with van der Waals surface area (Å²) in [5.41, 5.74) is 2.22. The van der Waals surface area contributed by atoms with E-state index in [1.165, 1.54) is 0 Å². The monoisotopic (exact) mass is 467 g/mol. The highest BCUT2D eigenvalue weighted by Gasteiger charge is 2.10. The second kappa shape index (κ2) is 13.6. The molecule has 0 atom stereocenters. The minimum atomic E-state index is -0.931. The van der Waals surface area contributed by atoms with E-state index in [0.717, 1.165) is 5.56 Å². The van der Waals surface area contributed by atoms with Gasteiger partial charge in [0.1, 0.15) is 6.61 Å². The zero-order valence-corrected chi connectivity index (χ0v) is 19.8. The molecule has 8 heteroatoms. The SMILES string of the molecule is COc1ccc(C(C#N)=Cc2ccc(OCCOCCC=C(C)C(=O)O)c(OC)c2)cc1OC. The molecule has 0 aliphatic rings. The lowest BCUT2D eigenvalue weighted by Gasteiger charge is -2.12. The fourth-order valence-electron chi connectivity index (χ4n) is 3.00. The molecule has 0 bridgehead atoms. The summed E-state index contributed by atoms with van der Waals surface area (Å²) < 4.78 is 27.2. The smallest absolute Gasteiger partial charge is 0.330 e. The molecule has 2 aromatic rings. The molecular weight excluding hydrogens is 438 g/mol. The van der Waals surface area contributed by atoms with Crippen molar-refractivity contribution in [3.63, 3.8) is 0 Å². The number of carboxylic acids is 1. The Labute approximate surface area is 199 Å². The Kier molecular flexibility index (Phi) is 10.5. The Balaban J connectivity index is 2.02. The Bertz CT molecular complexity index is 1080. The van der Waals surface area contributed by atoms with Gasteiger partial charge in [-0.2, -0.15) is 5.26 Å². The molecule has 2 rings (SSSR count). The van der Waals surface area contributed by atoms with Gasteiger partial charge in [-0.3, -0.25) is 0 Å². The van der Waals surface area contributed by atoms with Crippen LogP contribution in [0.1, 0.15) is 24.5 Å². The van der Waals surface area contributed by atoms with Crippen LogP contribution < -0.4 is 18.9 Å². The van der Waals surface area contributed by atoms with Crippen LogP contribution in [0.15, 0.2) is 48.0 Å². The molecule has 2 aromatic carbocycles. The van der Waals surface area contributed by atoms with E-state index in [9.17, 15) is 10.1 Å². The van der Waals surface area contributed by atoms with Crippen molar-refractivity contribution < 1.29 is 33.6 Å². The first kappa shape index (κ1) is 26.3. The molecule has 1 N–H and O–H groups in total. The molecule has 0 aliphatic heterocycles. The van der Waals surface area contributed by atoms with Gasteiger partial charge >= 0.3 is 5.97 Å². The fraction of sp³-hybridized carbons (Fsp3) is 0.308. The van der Waals surface area contributed by atoms with Crippen molar-refractivity contribution in [2.45, 2.75) is 13.3 Å². The zero-order chi connectivity index (χ0) is 24.9. The average molecular weight is 468 g/mol. The van der Waals surface area contributed by atoms with Gasteiger partial charge < -0.3 is 28.8 Å². The highest BCUT2D eigenvalue weighted by molar-refractivity contribution is 5.90. The number of allylic oxidation sites excluding steroid dienone is 1. The summed E-state index contributed by atoms with van der Waals surface area (Å²) in [6.07, 6.45) is 3.89. The van der Waals surface area contributed by atoms with Crippen molar-refractivity contribution in [2.24, 2.45) is 0 Å². The van der Waals surface area contributed by atoms with Crippen LogP contribution in [0.5, 0.6) is 23.0 Å². The number of methoxy groups -OCH3 is 3. The van der Waals surface area contributed by atoms with Gasteiger partial charge in [0, 0.05) is 5.57 Å². The summed E-state index contributed by atoms with van der Waals surface area (Å²) in [5, 5.41) is 18.5. The first-order valence-electron chi connectivity index (χ1n) is 10.6. The van der Waals surface area contributed by atoms with Gasteiger partial charge in [-0.25, -0.2) is 4.79 Å². The van der Waals surface area contributed by atoms with E-state index in [2.05, 4.69) is 6.07 Å². The number of carboxylic acid groups (broad SMARTS) is 1. The Morgan fingerprint density at radius 3 is 2.26 bits per heavy atom. The lowest BCUT2D eigenvalue weighted by atomic mass is 10.0. The maximum atomic E-state index is 10.7. The molecule has 34 heavy (non-hydrogen) atoms. The summed E-state index contributed by atoms with van der Waals surface area (Å²) in [7, 11) is 4.65. The molecule has 0 radical (unpaired) electrons. The molecule has 0 spiro atoms. The van der Waals surface area contributed by atoms with Crippen molar-refractivity contribution >= 4 is 17.6 Å². The number of ether oxygens (including phenoxy) is 5. The van der Waals surface area contributed by atoms with Crippen molar-refractivity contribution in [1.82, 2.24) is 0 Å². The second-order valence-corrected chi connectivity index (χ2v) is 7.09. The van der Waals surface area contributed by atoms with Crippen molar-refractivity contribution in [3.8, 4) is 29.1 Å². The highest BCUT2D eigenvalue weighted by Crippen LogP contribution is 2.32. The van der Waals surface area contributed by atoms with Crippen molar-refractivity contribution in [2.75, 3.05) is 41.2 Å². The van der Waals surface area contributed by atoms with Crippen LogP contribution in [0.4, 0.5) is 0 Å². The van der Waals surface area contributed by atoms with Crippen LogP contribution in [0.25, 0.3) is 11.6 Å². The Hall–Kier alpha value is -3.96. The number of hydrogen-bond acceptors (Lipinski definition) is 7. The van der Waals surface area contributed by atoms with Crippen LogP contribution in [0.3, 0.4) is 0 Å². The van der Waals surface area contributed by atoms with Gasteiger partial charge in [0.05, 0.1) is 46.2 Å². The summed E-state index contributed by atoms with van der Waals surface area (Å²) in [5.74, 6) is 1.27. The molecule has 180 valence electrons. The quantitative estimate of drug-likeness (QED) is 0.197. The summed E-state index contributed by atoms with van der Waals surface area (Å²) in [4.78, 5) is 10.7. The molecule has 0 unspecified atom stereocenters. The van der Waals surface area contributed by atoms with Gasteiger partial charge in [0.2, 0.25) is 0 Å². The largest absolute Gasteiger partial charge is 0.493 e. The van der Waals surface area contributed by atoms with E-state index in [4.69, 9.17) is 28.8 Å². The molecule has 0 heterocycles. The van der Waals surface area contributed by atoms with Gasteiger partial charge in [0.15, 0.2) is 23.0 Å². The number of nitriles is 1. The van der Waals surface area contributed by atoms with E-state index < -0.39 is 5.97 Å². The summed E-state index contributed by atoms with van der Waals surface area (Å²) in [6, 6.07) is 12.9. The predicted molar refractivity (Wildman–Crippen MR) is 128 cm³/mol. The van der Waals surface area contributed by atoms with Gasteiger partial charge in [-0.1, -0.05) is 12.1 Å². The molecule has 0 saturated heterocycles. The number of benzene rings is 2.